The zero-order chi connectivity index (χ0) is 16.0. The van der Waals surface area contributed by atoms with Crippen LogP contribution in [0.1, 0.15) is 16.8 Å². The van der Waals surface area contributed by atoms with Crippen molar-refractivity contribution in [2.24, 2.45) is 5.14 Å². The number of aromatic carboxylic acids is 1. The highest BCUT2D eigenvalue weighted by Gasteiger charge is 2.10. The van der Waals surface area contributed by atoms with Gasteiger partial charge in [-0.25, -0.2) is 23.1 Å². The fourth-order valence-electron chi connectivity index (χ4n) is 1.40. The lowest BCUT2D eigenvalue weighted by atomic mass is 10.2. The second-order valence-corrected chi connectivity index (χ2v) is 6.69. The monoisotopic (exact) mass is 379 g/mol. The number of carboxylic acid groups (broad SMARTS) is 1. The molecule has 0 aliphatic rings. The van der Waals surface area contributed by atoms with Crippen LogP contribution in [0.25, 0.3) is 0 Å². The predicted octanol–water partition coefficient (Wildman–Crippen LogP) is 0.947. The van der Waals surface area contributed by atoms with Gasteiger partial charge in [0.2, 0.25) is 10.0 Å². The molecule has 116 valence electrons. The first kappa shape index (κ1) is 17.4. The van der Waals surface area contributed by atoms with Gasteiger partial charge in [-0.2, -0.15) is 0 Å². The van der Waals surface area contributed by atoms with Crippen LogP contribution in [0.4, 0.5) is 10.5 Å². The van der Waals surface area contributed by atoms with Gasteiger partial charge < -0.3 is 15.7 Å². The summed E-state index contributed by atoms with van der Waals surface area (Å²) in [4.78, 5) is 22.4. The number of hydrogen-bond acceptors (Lipinski definition) is 4. The second-order valence-electron chi connectivity index (χ2n) is 4.10. The van der Waals surface area contributed by atoms with Gasteiger partial charge in [0.15, 0.2) is 0 Å². The average molecular weight is 380 g/mol. The minimum absolute atomic E-state index is 0.0303. The summed E-state index contributed by atoms with van der Waals surface area (Å²) in [6, 6.07) is 3.62. The molecule has 1 aromatic carbocycles. The molecule has 2 amide bonds. The first-order valence-corrected chi connectivity index (χ1v) is 8.28. The molecule has 10 heteroatoms. The van der Waals surface area contributed by atoms with Crippen molar-refractivity contribution in [1.29, 1.82) is 0 Å². The molecule has 0 fully saturated rings. The van der Waals surface area contributed by atoms with E-state index in [4.69, 9.17) is 10.2 Å². The van der Waals surface area contributed by atoms with Crippen LogP contribution in [0, 0.1) is 0 Å². The molecule has 0 unspecified atom stereocenters. The fourth-order valence-corrected chi connectivity index (χ4v) is 2.29. The van der Waals surface area contributed by atoms with Crippen LogP contribution in [0.15, 0.2) is 22.7 Å². The number of hydrogen-bond donors (Lipinski definition) is 4. The maximum absolute atomic E-state index is 11.6. The third-order valence-corrected chi connectivity index (χ3v) is 3.90. The summed E-state index contributed by atoms with van der Waals surface area (Å²) < 4.78 is 21.9. The van der Waals surface area contributed by atoms with Gasteiger partial charge in [-0.15, -0.1) is 0 Å². The number of benzene rings is 1. The van der Waals surface area contributed by atoms with E-state index in [0.29, 0.717) is 10.2 Å². The molecule has 0 saturated carbocycles. The predicted molar refractivity (Wildman–Crippen MR) is 80.7 cm³/mol. The van der Waals surface area contributed by atoms with Crippen molar-refractivity contribution in [3.63, 3.8) is 0 Å². The van der Waals surface area contributed by atoms with Crippen LogP contribution < -0.4 is 15.8 Å². The Balaban J connectivity index is 2.55. The lowest BCUT2D eigenvalue weighted by Gasteiger charge is -2.09. The summed E-state index contributed by atoms with van der Waals surface area (Å²) in [6.45, 7) is 0.124. The molecule has 0 aliphatic carbocycles. The van der Waals surface area contributed by atoms with Gasteiger partial charge >= 0.3 is 12.0 Å². The van der Waals surface area contributed by atoms with Gasteiger partial charge in [-0.3, -0.25) is 0 Å². The van der Waals surface area contributed by atoms with Crippen molar-refractivity contribution in [2.45, 2.75) is 6.42 Å². The SMILES string of the molecule is NS(=O)(=O)CCCNC(=O)Nc1cc(C(=O)O)ccc1Br. The van der Waals surface area contributed by atoms with Crippen LogP contribution in [0.2, 0.25) is 0 Å². The van der Waals surface area contributed by atoms with Crippen molar-refractivity contribution in [3.05, 3.63) is 28.2 Å². The number of amides is 2. The van der Waals surface area contributed by atoms with E-state index < -0.39 is 22.0 Å². The second kappa shape index (κ2) is 7.38. The van der Waals surface area contributed by atoms with E-state index >= 15 is 0 Å². The van der Waals surface area contributed by atoms with Crippen molar-refractivity contribution in [3.8, 4) is 0 Å². The highest BCUT2D eigenvalue weighted by atomic mass is 79.9. The van der Waals surface area contributed by atoms with Gasteiger partial charge in [0.1, 0.15) is 0 Å². The topological polar surface area (TPSA) is 139 Å². The standard InChI is InChI=1S/C11H14BrN3O5S/c12-8-3-2-7(10(16)17)6-9(8)15-11(18)14-4-1-5-21(13,19)20/h2-3,6H,1,4-5H2,(H,16,17)(H2,13,19,20)(H2,14,15,18). The summed E-state index contributed by atoms with van der Waals surface area (Å²) in [5, 5.41) is 18.6. The van der Waals surface area contributed by atoms with E-state index in [-0.39, 0.29) is 24.3 Å². The molecule has 0 atom stereocenters. The van der Waals surface area contributed by atoms with E-state index in [9.17, 15) is 18.0 Å². The van der Waals surface area contributed by atoms with Gasteiger partial charge in [0.05, 0.1) is 17.0 Å². The van der Waals surface area contributed by atoms with Gasteiger partial charge in [0.25, 0.3) is 0 Å². The summed E-state index contributed by atoms with van der Waals surface area (Å²) in [7, 11) is -3.55. The largest absolute Gasteiger partial charge is 0.478 e. The van der Waals surface area contributed by atoms with E-state index in [0.717, 1.165) is 0 Å². The Bertz CT molecular complexity index is 647. The zero-order valence-electron chi connectivity index (χ0n) is 10.8. The Morgan fingerprint density at radius 2 is 2.00 bits per heavy atom. The zero-order valence-corrected chi connectivity index (χ0v) is 13.2. The van der Waals surface area contributed by atoms with Gasteiger partial charge in [0, 0.05) is 11.0 Å². The minimum Gasteiger partial charge on any atom is -0.478 e. The molecule has 0 radical (unpaired) electrons. The number of primary sulfonamides is 1. The number of rotatable bonds is 6. The smallest absolute Gasteiger partial charge is 0.335 e. The molecule has 0 heterocycles. The quantitative estimate of drug-likeness (QED) is 0.544. The van der Waals surface area contributed by atoms with Crippen LogP contribution in [-0.4, -0.2) is 37.8 Å². The molecule has 1 aromatic rings. The first-order valence-electron chi connectivity index (χ1n) is 5.77. The number of carbonyl (C=O) groups excluding carboxylic acids is 1. The van der Waals surface area contributed by atoms with Crippen LogP contribution in [0.3, 0.4) is 0 Å². The van der Waals surface area contributed by atoms with E-state index in [2.05, 4.69) is 26.6 Å². The lowest BCUT2D eigenvalue weighted by Crippen LogP contribution is -2.31. The maximum Gasteiger partial charge on any atom is 0.335 e. The summed E-state index contributed by atoms with van der Waals surface area (Å²) in [5.41, 5.74) is 0.321. The van der Waals surface area contributed by atoms with E-state index in [1.807, 2.05) is 0 Å². The minimum atomic E-state index is -3.55. The number of sulfonamides is 1. The normalized spacial score (nSPS) is 11.0. The summed E-state index contributed by atoms with van der Waals surface area (Å²) >= 11 is 3.18. The van der Waals surface area contributed by atoms with Crippen LogP contribution in [-0.2, 0) is 10.0 Å². The molecule has 5 N–H and O–H groups in total. The summed E-state index contributed by atoms with van der Waals surface area (Å²) in [6.07, 6.45) is 0.183. The molecule has 0 aliphatic heterocycles. The molecular formula is C11H14BrN3O5S. The number of carboxylic acids is 1. The fraction of sp³-hybridized carbons (Fsp3) is 0.273. The number of nitrogens with one attached hydrogen (secondary N) is 2. The lowest BCUT2D eigenvalue weighted by molar-refractivity contribution is 0.0697. The molecule has 0 spiro atoms. The van der Waals surface area contributed by atoms with E-state index in [1.165, 1.54) is 18.2 Å². The molecule has 0 bridgehead atoms. The van der Waals surface area contributed by atoms with Gasteiger partial charge in [-0.05, 0) is 40.5 Å². The van der Waals surface area contributed by atoms with Crippen LogP contribution in [0.5, 0.6) is 0 Å². The van der Waals surface area contributed by atoms with Crippen molar-refractivity contribution in [1.82, 2.24) is 5.32 Å². The highest BCUT2D eigenvalue weighted by Crippen LogP contribution is 2.23. The van der Waals surface area contributed by atoms with Crippen LogP contribution >= 0.6 is 15.9 Å². The van der Waals surface area contributed by atoms with Crippen molar-refractivity contribution < 1.29 is 23.1 Å². The molecule has 21 heavy (non-hydrogen) atoms. The molecule has 1 rings (SSSR count). The Labute approximate surface area is 129 Å². The molecular weight excluding hydrogens is 366 g/mol. The number of anilines is 1. The van der Waals surface area contributed by atoms with Crippen molar-refractivity contribution >= 4 is 43.6 Å². The third-order valence-electron chi connectivity index (χ3n) is 2.35. The van der Waals surface area contributed by atoms with Gasteiger partial charge in [-0.1, -0.05) is 0 Å². The molecule has 8 nitrogen and oxygen atoms in total. The Kier molecular flexibility index (Phi) is 6.12. The Hall–Kier alpha value is -1.65. The van der Waals surface area contributed by atoms with E-state index in [1.54, 1.807) is 0 Å². The highest BCUT2D eigenvalue weighted by molar-refractivity contribution is 9.10. The number of nitrogens with two attached hydrogens (primary N) is 1. The Morgan fingerprint density at radius 3 is 2.57 bits per heavy atom. The Morgan fingerprint density at radius 1 is 1.33 bits per heavy atom. The number of halogens is 1. The molecule has 0 aromatic heterocycles. The average Bonchev–Trinajstić information content (AvgIpc) is 2.36. The summed E-state index contributed by atoms with van der Waals surface area (Å²) in [5.74, 6) is -1.34. The van der Waals surface area contributed by atoms with Crippen molar-refractivity contribution in [2.75, 3.05) is 17.6 Å². The number of urea groups is 1. The molecule has 0 saturated heterocycles. The number of carbonyl (C=O) groups is 2. The third kappa shape index (κ3) is 6.56. The first-order chi connectivity index (χ1) is 9.69. The maximum atomic E-state index is 11.6.